The van der Waals surface area contributed by atoms with Crippen LogP contribution >= 0.6 is 0 Å². The topological polar surface area (TPSA) is 69.6 Å². The van der Waals surface area contributed by atoms with E-state index in [9.17, 15) is 0 Å². The zero-order valence-corrected chi connectivity index (χ0v) is 33.4. The van der Waals surface area contributed by atoms with Crippen LogP contribution in [0.3, 0.4) is 0 Å². The van der Waals surface area contributed by atoms with Crippen molar-refractivity contribution in [2.24, 2.45) is 0 Å². The summed E-state index contributed by atoms with van der Waals surface area (Å²) in [5.74, 6) is 1.72. The molecule has 12 rings (SSSR count). The van der Waals surface area contributed by atoms with Crippen LogP contribution in [-0.2, 0) is 0 Å². The molecular weight excluding hydrogens is 759 g/mol. The van der Waals surface area contributed by atoms with Crippen LogP contribution in [-0.4, -0.2) is 24.5 Å². The minimum Gasteiger partial charge on any atom is -0.455 e. The summed E-state index contributed by atoms with van der Waals surface area (Å²) in [7, 11) is 0. The predicted octanol–water partition coefficient (Wildman–Crippen LogP) is 14.3. The van der Waals surface area contributed by atoms with Gasteiger partial charge in [-0.1, -0.05) is 146 Å². The first-order valence-electron chi connectivity index (χ1n) is 20.7. The van der Waals surface area contributed by atoms with E-state index in [2.05, 4.69) is 144 Å². The molecule has 0 saturated carbocycles. The summed E-state index contributed by atoms with van der Waals surface area (Å²) in [5, 5.41) is 4.28. The average Bonchev–Trinajstić information content (AvgIpc) is 3.90. The maximum Gasteiger partial charge on any atom is 0.166 e. The summed E-state index contributed by atoms with van der Waals surface area (Å²) < 4.78 is 9.13. The number of aromatic nitrogens is 5. The van der Waals surface area contributed by atoms with Gasteiger partial charge in [-0.05, 0) is 77.4 Å². The molecule has 0 bridgehead atoms. The predicted molar refractivity (Wildman–Crippen MR) is 252 cm³/mol. The Labute approximate surface area is 357 Å². The molecular formula is C56H35N5O. The van der Waals surface area contributed by atoms with Gasteiger partial charge in [0.05, 0.1) is 22.1 Å². The Morgan fingerprint density at radius 3 is 1.68 bits per heavy atom. The summed E-state index contributed by atoms with van der Waals surface area (Å²) in [5.41, 5.74) is 13.6. The third-order valence-electron chi connectivity index (χ3n) is 11.7. The first kappa shape index (κ1) is 35.5. The lowest BCUT2D eigenvalue weighted by molar-refractivity contribution is 0.673. The minimum atomic E-state index is 0.536. The van der Waals surface area contributed by atoms with E-state index in [1.807, 2.05) is 72.9 Å². The summed E-state index contributed by atoms with van der Waals surface area (Å²) >= 11 is 0. The van der Waals surface area contributed by atoms with Crippen molar-refractivity contribution in [3.05, 3.63) is 212 Å². The quantitative estimate of drug-likeness (QED) is 0.161. The number of hydrogen-bond acceptors (Lipinski definition) is 5. The molecule has 0 aliphatic heterocycles. The maximum absolute atomic E-state index is 6.82. The molecule has 0 aliphatic carbocycles. The van der Waals surface area contributed by atoms with E-state index in [4.69, 9.17) is 24.4 Å². The molecule has 4 heterocycles. The highest BCUT2D eigenvalue weighted by Crippen LogP contribution is 2.43. The van der Waals surface area contributed by atoms with Crippen molar-refractivity contribution in [2.45, 2.75) is 0 Å². The number of rotatable bonds is 7. The normalized spacial score (nSPS) is 11.5. The molecule has 6 heteroatoms. The fraction of sp³-hybridized carbons (Fsp3) is 0. The van der Waals surface area contributed by atoms with Crippen LogP contribution in [0.15, 0.2) is 217 Å². The highest BCUT2D eigenvalue weighted by molar-refractivity contribution is 6.24. The number of pyridine rings is 1. The van der Waals surface area contributed by atoms with E-state index in [0.717, 1.165) is 99.6 Å². The summed E-state index contributed by atoms with van der Waals surface area (Å²) in [6.07, 6.45) is 1.96. The SMILES string of the molecule is c1ccc(-c2cccc(-c3cnc(-c4ccc5oc6c(ccc7c6c6ccccc6n7-c6ccccc6)c5c4)c(-c4nc(-c5ccccc5)nc(-c5ccccc5)n4)c3)c2)cc1. The Kier molecular flexibility index (Phi) is 8.38. The highest BCUT2D eigenvalue weighted by Gasteiger charge is 2.22. The second-order valence-electron chi connectivity index (χ2n) is 15.4. The lowest BCUT2D eigenvalue weighted by atomic mass is 9.96. The second-order valence-corrected chi connectivity index (χ2v) is 15.4. The van der Waals surface area contributed by atoms with Crippen LogP contribution < -0.4 is 0 Å². The first-order chi connectivity index (χ1) is 30.7. The van der Waals surface area contributed by atoms with Crippen LogP contribution in [0.2, 0.25) is 0 Å². The molecule has 0 saturated heterocycles. The number of furan rings is 1. The number of nitrogens with zero attached hydrogens (tertiary/aromatic N) is 5. The second kappa shape index (κ2) is 14.7. The lowest BCUT2D eigenvalue weighted by Gasteiger charge is -2.14. The zero-order chi connectivity index (χ0) is 41.0. The highest BCUT2D eigenvalue weighted by atomic mass is 16.3. The van der Waals surface area contributed by atoms with E-state index < -0.39 is 0 Å². The average molecular weight is 794 g/mol. The van der Waals surface area contributed by atoms with Crippen molar-refractivity contribution < 1.29 is 4.42 Å². The van der Waals surface area contributed by atoms with E-state index in [1.54, 1.807) is 0 Å². The Morgan fingerprint density at radius 2 is 0.968 bits per heavy atom. The third kappa shape index (κ3) is 6.04. The van der Waals surface area contributed by atoms with Gasteiger partial charge in [0.15, 0.2) is 17.5 Å². The third-order valence-corrected chi connectivity index (χ3v) is 11.7. The number of benzene rings is 8. The molecule has 0 aliphatic rings. The molecule has 62 heavy (non-hydrogen) atoms. The van der Waals surface area contributed by atoms with Crippen LogP contribution in [0.4, 0.5) is 0 Å². The zero-order valence-electron chi connectivity index (χ0n) is 33.4. The largest absolute Gasteiger partial charge is 0.455 e. The van der Waals surface area contributed by atoms with Crippen molar-refractivity contribution in [3.63, 3.8) is 0 Å². The fourth-order valence-corrected chi connectivity index (χ4v) is 8.75. The molecule has 0 amide bonds. The molecule has 0 atom stereocenters. The lowest BCUT2D eigenvalue weighted by Crippen LogP contribution is -2.02. The van der Waals surface area contributed by atoms with Crippen LogP contribution in [0, 0.1) is 0 Å². The first-order valence-corrected chi connectivity index (χ1v) is 20.7. The van der Waals surface area contributed by atoms with Gasteiger partial charge >= 0.3 is 0 Å². The van der Waals surface area contributed by atoms with Crippen LogP contribution in [0.25, 0.3) is 117 Å². The van der Waals surface area contributed by atoms with Gasteiger partial charge < -0.3 is 8.98 Å². The standard InChI is InChI=1S/C56H35N5O/c1-5-16-36(17-6-1)39-22-15-23-40(32-39)42-34-47(56-59-54(37-18-7-2-8-19-37)58-55(60-56)38-20-9-3-10-21-38)52(57-35-42)41-28-31-50-46(33-41)44-29-30-49-51(53(44)62-50)45-26-13-14-27-48(45)61(49)43-24-11-4-12-25-43/h1-35H. The summed E-state index contributed by atoms with van der Waals surface area (Å²) in [4.78, 5) is 20.7. The van der Waals surface area contributed by atoms with E-state index in [-0.39, 0.29) is 0 Å². The molecule has 4 aromatic heterocycles. The van der Waals surface area contributed by atoms with Gasteiger partial charge in [0.2, 0.25) is 0 Å². The number of para-hydroxylation sites is 2. The Balaban J connectivity index is 1.08. The van der Waals surface area contributed by atoms with Crippen molar-refractivity contribution in [1.82, 2.24) is 24.5 Å². The van der Waals surface area contributed by atoms with Crippen LogP contribution in [0.1, 0.15) is 0 Å². The summed E-state index contributed by atoms with van der Waals surface area (Å²) in [6.45, 7) is 0. The van der Waals surface area contributed by atoms with Gasteiger partial charge in [-0.2, -0.15) is 0 Å². The number of hydrogen-bond donors (Lipinski definition) is 0. The molecule has 12 aromatic rings. The smallest absolute Gasteiger partial charge is 0.166 e. The van der Waals surface area contributed by atoms with Gasteiger partial charge in [-0.25, -0.2) is 15.0 Å². The van der Waals surface area contributed by atoms with E-state index in [1.165, 1.54) is 0 Å². The molecule has 8 aromatic carbocycles. The molecule has 0 N–H and O–H groups in total. The fourth-order valence-electron chi connectivity index (χ4n) is 8.75. The van der Waals surface area contributed by atoms with E-state index in [0.29, 0.717) is 17.5 Å². The Hall–Kier alpha value is -8.48. The van der Waals surface area contributed by atoms with Gasteiger partial charge in [0.25, 0.3) is 0 Å². The molecule has 0 unspecified atom stereocenters. The van der Waals surface area contributed by atoms with Crippen molar-refractivity contribution in [2.75, 3.05) is 0 Å². The van der Waals surface area contributed by atoms with E-state index >= 15 is 0 Å². The molecule has 290 valence electrons. The minimum absolute atomic E-state index is 0.536. The van der Waals surface area contributed by atoms with Crippen molar-refractivity contribution in [3.8, 4) is 73.4 Å². The van der Waals surface area contributed by atoms with Crippen molar-refractivity contribution in [1.29, 1.82) is 0 Å². The van der Waals surface area contributed by atoms with Gasteiger partial charge in [0.1, 0.15) is 11.2 Å². The Bertz CT molecular complexity index is 3560. The van der Waals surface area contributed by atoms with Gasteiger partial charge in [-0.3, -0.25) is 4.98 Å². The molecule has 0 spiro atoms. The van der Waals surface area contributed by atoms with Gasteiger partial charge in [0, 0.05) is 55.9 Å². The van der Waals surface area contributed by atoms with Crippen molar-refractivity contribution >= 4 is 43.7 Å². The molecule has 6 nitrogen and oxygen atoms in total. The maximum atomic E-state index is 6.82. The number of fused-ring (bicyclic) bond motifs is 7. The van der Waals surface area contributed by atoms with Gasteiger partial charge in [-0.15, -0.1) is 0 Å². The van der Waals surface area contributed by atoms with Crippen LogP contribution in [0.5, 0.6) is 0 Å². The Morgan fingerprint density at radius 1 is 0.371 bits per heavy atom. The monoisotopic (exact) mass is 793 g/mol. The summed E-state index contributed by atoms with van der Waals surface area (Å²) in [6, 6.07) is 71.2. The molecule has 0 radical (unpaired) electrons. The molecule has 0 fully saturated rings.